The number of carbonyl (C=O) groups is 2. The van der Waals surface area contributed by atoms with Crippen LogP contribution in [0, 0.1) is 0 Å². The average molecular weight is 307 g/mol. The van der Waals surface area contributed by atoms with Crippen molar-refractivity contribution >= 4 is 29.0 Å². The van der Waals surface area contributed by atoms with Crippen LogP contribution in [-0.4, -0.2) is 41.3 Å². The number of nitrogens with one attached hydrogen (secondary N) is 1. The highest BCUT2D eigenvalue weighted by Crippen LogP contribution is 2.06. The van der Waals surface area contributed by atoms with Gasteiger partial charge < -0.3 is 16.0 Å². The molecular formula is C15H21N3O2S. The summed E-state index contributed by atoms with van der Waals surface area (Å²) >= 11 is 4.87. The zero-order valence-electron chi connectivity index (χ0n) is 12.6. The lowest BCUT2D eigenvalue weighted by Crippen LogP contribution is -2.41. The highest BCUT2D eigenvalue weighted by atomic mass is 32.1. The second kappa shape index (κ2) is 7.73. The van der Waals surface area contributed by atoms with Gasteiger partial charge in [0.05, 0.1) is 13.0 Å². The van der Waals surface area contributed by atoms with Gasteiger partial charge >= 0.3 is 0 Å². The molecule has 5 nitrogen and oxygen atoms in total. The molecule has 0 aliphatic heterocycles. The zero-order valence-corrected chi connectivity index (χ0v) is 13.4. The summed E-state index contributed by atoms with van der Waals surface area (Å²) < 4.78 is 0. The smallest absolute Gasteiger partial charge is 0.239 e. The van der Waals surface area contributed by atoms with Crippen molar-refractivity contribution in [2.75, 3.05) is 13.6 Å². The van der Waals surface area contributed by atoms with Gasteiger partial charge in [-0.1, -0.05) is 36.5 Å². The molecule has 1 rings (SSSR count). The Morgan fingerprint density at radius 1 is 1.29 bits per heavy atom. The van der Waals surface area contributed by atoms with Gasteiger partial charge in [0, 0.05) is 18.7 Å². The van der Waals surface area contributed by atoms with Gasteiger partial charge in [-0.2, -0.15) is 0 Å². The lowest BCUT2D eigenvalue weighted by Gasteiger charge is -2.18. The van der Waals surface area contributed by atoms with E-state index in [-0.39, 0.29) is 30.8 Å². The minimum atomic E-state index is -0.162. The minimum Gasteiger partial charge on any atom is -0.389 e. The molecule has 0 saturated carbocycles. The summed E-state index contributed by atoms with van der Waals surface area (Å²) in [5.74, 6) is -0.276. The second-order valence-corrected chi connectivity index (χ2v) is 5.65. The fourth-order valence-corrected chi connectivity index (χ4v) is 1.90. The summed E-state index contributed by atoms with van der Waals surface area (Å²) in [6.45, 7) is 3.81. The van der Waals surface area contributed by atoms with Crippen LogP contribution < -0.4 is 11.1 Å². The van der Waals surface area contributed by atoms with Crippen molar-refractivity contribution in [1.82, 2.24) is 10.2 Å². The Balaban J connectivity index is 2.55. The van der Waals surface area contributed by atoms with Crippen LogP contribution in [0.1, 0.15) is 25.0 Å². The number of hydrogen-bond acceptors (Lipinski definition) is 3. The molecule has 21 heavy (non-hydrogen) atoms. The van der Waals surface area contributed by atoms with Crippen LogP contribution in [0.4, 0.5) is 0 Å². The molecule has 0 saturated heterocycles. The highest BCUT2D eigenvalue weighted by Gasteiger charge is 2.14. The van der Waals surface area contributed by atoms with E-state index in [0.717, 1.165) is 11.1 Å². The third-order valence-corrected chi connectivity index (χ3v) is 3.09. The quantitative estimate of drug-likeness (QED) is 0.764. The molecule has 0 bridgehead atoms. The first-order chi connectivity index (χ1) is 9.79. The molecular weight excluding hydrogens is 286 g/mol. The van der Waals surface area contributed by atoms with Gasteiger partial charge in [0.1, 0.15) is 4.99 Å². The lowest BCUT2D eigenvalue weighted by atomic mass is 10.1. The molecule has 0 unspecified atom stereocenters. The van der Waals surface area contributed by atoms with E-state index < -0.39 is 0 Å². The maximum absolute atomic E-state index is 12.0. The SMILES string of the molecule is CC(C)NC(=O)CN(C)C(=O)Cc1ccc(C(N)=S)cc1. The van der Waals surface area contributed by atoms with Gasteiger partial charge in [-0.05, 0) is 19.4 Å². The molecule has 0 heterocycles. The normalized spacial score (nSPS) is 10.3. The molecule has 0 spiro atoms. The maximum atomic E-state index is 12.0. The van der Waals surface area contributed by atoms with Gasteiger partial charge in [0.15, 0.2) is 0 Å². The number of likely N-dealkylation sites (N-methyl/N-ethyl adjacent to an activating group) is 1. The lowest BCUT2D eigenvalue weighted by molar-refractivity contribution is -0.134. The first-order valence-corrected chi connectivity index (χ1v) is 7.12. The fourth-order valence-electron chi connectivity index (χ4n) is 1.77. The summed E-state index contributed by atoms with van der Waals surface area (Å²) in [5.41, 5.74) is 7.15. The number of amides is 2. The monoisotopic (exact) mass is 307 g/mol. The van der Waals surface area contributed by atoms with Crippen LogP contribution >= 0.6 is 12.2 Å². The van der Waals surface area contributed by atoms with Gasteiger partial charge in [-0.15, -0.1) is 0 Å². The molecule has 1 aromatic rings. The average Bonchev–Trinajstić information content (AvgIpc) is 2.38. The molecule has 0 radical (unpaired) electrons. The van der Waals surface area contributed by atoms with Crippen molar-refractivity contribution in [3.8, 4) is 0 Å². The van der Waals surface area contributed by atoms with Crippen LogP contribution in [0.15, 0.2) is 24.3 Å². The first kappa shape index (κ1) is 17.1. The molecule has 2 amide bonds. The molecule has 1 aromatic carbocycles. The van der Waals surface area contributed by atoms with Crippen molar-refractivity contribution in [3.05, 3.63) is 35.4 Å². The van der Waals surface area contributed by atoms with Gasteiger partial charge in [0.25, 0.3) is 0 Å². The number of benzene rings is 1. The first-order valence-electron chi connectivity index (χ1n) is 6.71. The summed E-state index contributed by atoms with van der Waals surface area (Å²) in [6.07, 6.45) is 0.239. The summed E-state index contributed by atoms with van der Waals surface area (Å²) in [5, 5.41) is 2.75. The Labute approximate surface area is 130 Å². The van der Waals surface area contributed by atoms with Gasteiger partial charge in [-0.3, -0.25) is 9.59 Å². The summed E-state index contributed by atoms with van der Waals surface area (Å²) in [7, 11) is 1.62. The largest absolute Gasteiger partial charge is 0.389 e. The van der Waals surface area contributed by atoms with Gasteiger partial charge in [-0.25, -0.2) is 0 Å². The van der Waals surface area contributed by atoms with E-state index in [1.54, 1.807) is 19.2 Å². The van der Waals surface area contributed by atoms with Crippen molar-refractivity contribution in [1.29, 1.82) is 0 Å². The Hall–Kier alpha value is -1.95. The number of nitrogens with zero attached hydrogens (tertiary/aromatic N) is 1. The van der Waals surface area contributed by atoms with Crippen LogP contribution in [-0.2, 0) is 16.0 Å². The Morgan fingerprint density at radius 2 is 1.86 bits per heavy atom. The van der Waals surface area contributed by atoms with Crippen LogP contribution in [0.2, 0.25) is 0 Å². The number of hydrogen-bond donors (Lipinski definition) is 2. The molecule has 114 valence electrons. The predicted molar refractivity (Wildman–Crippen MR) is 86.9 cm³/mol. The minimum absolute atomic E-state index is 0.0575. The Kier molecular flexibility index (Phi) is 6.30. The standard InChI is InChI=1S/C15H21N3O2S/c1-10(2)17-13(19)9-18(3)14(20)8-11-4-6-12(7-5-11)15(16)21/h4-7,10H,8-9H2,1-3H3,(H2,16,21)(H,17,19). The Bertz CT molecular complexity index is 526. The van der Waals surface area contributed by atoms with E-state index in [4.69, 9.17) is 18.0 Å². The van der Waals surface area contributed by atoms with Crippen molar-refractivity contribution in [2.24, 2.45) is 5.73 Å². The summed E-state index contributed by atoms with van der Waals surface area (Å²) in [4.78, 5) is 25.4. The predicted octanol–water partition coefficient (Wildman–Crippen LogP) is 0.846. The van der Waals surface area contributed by atoms with Crippen LogP contribution in [0.25, 0.3) is 0 Å². The van der Waals surface area contributed by atoms with Crippen molar-refractivity contribution in [2.45, 2.75) is 26.3 Å². The molecule has 6 heteroatoms. The van der Waals surface area contributed by atoms with E-state index in [1.807, 2.05) is 26.0 Å². The molecule has 0 fully saturated rings. The number of rotatable bonds is 6. The van der Waals surface area contributed by atoms with Crippen molar-refractivity contribution < 1.29 is 9.59 Å². The molecule has 3 N–H and O–H groups in total. The van der Waals surface area contributed by atoms with Gasteiger partial charge in [0.2, 0.25) is 11.8 Å². The van der Waals surface area contributed by atoms with Crippen LogP contribution in [0.3, 0.4) is 0 Å². The second-order valence-electron chi connectivity index (χ2n) is 5.21. The highest BCUT2D eigenvalue weighted by molar-refractivity contribution is 7.80. The van der Waals surface area contributed by atoms with E-state index >= 15 is 0 Å². The topological polar surface area (TPSA) is 75.4 Å². The van der Waals surface area contributed by atoms with E-state index in [2.05, 4.69) is 5.32 Å². The van der Waals surface area contributed by atoms with E-state index in [0.29, 0.717) is 4.99 Å². The molecule has 0 aliphatic rings. The van der Waals surface area contributed by atoms with E-state index in [9.17, 15) is 9.59 Å². The van der Waals surface area contributed by atoms with Crippen LogP contribution in [0.5, 0.6) is 0 Å². The fraction of sp³-hybridized carbons (Fsp3) is 0.400. The van der Waals surface area contributed by atoms with Crippen molar-refractivity contribution in [3.63, 3.8) is 0 Å². The number of nitrogens with two attached hydrogens (primary N) is 1. The Morgan fingerprint density at radius 3 is 2.33 bits per heavy atom. The third kappa shape index (κ3) is 5.91. The number of carbonyl (C=O) groups excluding carboxylic acids is 2. The zero-order chi connectivity index (χ0) is 16.0. The third-order valence-electron chi connectivity index (χ3n) is 2.85. The molecule has 0 atom stereocenters. The maximum Gasteiger partial charge on any atom is 0.239 e. The van der Waals surface area contributed by atoms with E-state index in [1.165, 1.54) is 4.90 Å². The number of thiocarbonyl (C=S) groups is 1. The molecule has 0 aromatic heterocycles. The summed E-state index contributed by atoms with van der Waals surface area (Å²) in [6, 6.07) is 7.27. The molecule has 0 aliphatic carbocycles.